The summed E-state index contributed by atoms with van der Waals surface area (Å²) in [6, 6.07) is 0. The zero-order valence-electron chi connectivity index (χ0n) is 10.7. The van der Waals surface area contributed by atoms with Gasteiger partial charge in [0.25, 0.3) is 10.2 Å². The molecule has 2 atom stereocenters. The van der Waals surface area contributed by atoms with Gasteiger partial charge in [0.2, 0.25) is 0 Å². The van der Waals surface area contributed by atoms with E-state index in [1.165, 1.54) is 0 Å². The van der Waals surface area contributed by atoms with Gasteiger partial charge in [0, 0.05) is 43.1 Å². The molecule has 0 bridgehead atoms. The predicted molar refractivity (Wildman–Crippen MR) is 77.4 cm³/mol. The molecule has 2 unspecified atom stereocenters. The second kappa shape index (κ2) is 6.31. The topological polar surface area (TPSA) is 40.6 Å². The van der Waals surface area contributed by atoms with Gasteiger partial charge in [-0.1, -0.05) is 6.92 Å². The third kappa shape index (κ3) is 3.33. The first kappa shape index (κ1) is 14.9. The van der Waals surface area contributed by atoms with Crippen LogP contribution >= 0.6 is 23.4 Å². The van der Waals surface area contributed by atoms with Crippen molar-refractivity contribution in [3.8, 4) is 0 Å². The zero-order valence-corrected chi connectivity index (χ0v) is 13.1. The highest BCUT2D eigenvalue weighted by Crippen LogP contribution is 2.25. The standard InChI is InChI=1S/C11H21ClN2O2S2/c1-10-8-14(5-6-17-10)18(15,16)13-4-2-3-11(7-12)9-13/h10-11H,2-9H2,1H3. The maximum atomic E-state index is 12.5. The van der Waals surface area contributed by atoms with Crippen LogP contribution in [0.1, 0.15) is 19.8 Å². The third-order valence-corrected chi connectivity index (χ3v) is 7.10. The molecule has 2 aliphatic heterocycles. The number of alkyl halides is 1. The first-order valence-electron chi connectivity index (χ1n) is 6.47. The molecule has 2 aliphatic rings. The molecule has 4 nitrogen and oxygen atoms in total. The molecule has 0 radical (unpaired) electrons. The fraction of sp³-hybridized carbons (Fsp3) is 1.00. The molecule has 0 N–H and O–H groups in total. The van der Waals surface area contributed by atoms with Crippen molar-refractivity contribution in [3.05, 3.63) is 0 Å². The Labute approximate surface area is 119 Å². The van der Waals surface area contributed by atoms with E-state index >= 15 is 0 Å². The molecule has 18 heavy (non-hydrogen) atoms. The number of piperidine rings is 1. The monoisotopic (exact) mass is 312 g/mol. The lowest BCUT2D eigenvalue weighted by atomic mass is 10.0. The van der Waals surface area contributed by atoms with Crippen molar-refractivity contribution in [1.29, 1.82) is 0 Å². The van der Waals surface area contributed by atoms with Gasteiger partial charge in [-0.3, -0.25) is 0 Å². The van der Waals surface area contributed by atoms with Gasteiger partial charge in [0.05, 0.1) is 0 Å². The van der Waals surface area contributed by atoms with E-state index in [0.29, 0.717) is 43.2 Å². The fourth-order valence-corrected chi connectivity index (χ4v) is 5.82. The van der Waals surface area contributed by atoms with Crippen molar-refractivity contribution in [2.24, 2.45) is 5.92 Å². The Morgan fingerprint density at radius 1 is 1.28 bits per heavy atom. The van der Waals surface area contributed by atoms with Crippen LogP contribution in [-0.4, -0.2) is 60.1 Å². The summed E-state index contributed by atoms with van der Waals surface area (Å²) in [5, 5.41) is 0.391. The predicted octanol–water partition coefficient (Wildman–Crippen LogP) is 1.62. The number of thioether (sulfide) groups is 1. The van der Waals surface area contributed by atoms with Crippen molar-refractivity contribution >= 4 is 33.6 Å². The van der Waals surface area contributed by atoms with Crippen LogP contribution in [0.25, 0.3) is 0 Å². The summed E-state index contributed by atoms with van der Waals surface area (Å²) in [5.74, 6) is 1.76. The summed E-state index contributed by atoms with van der Waals surface area (Å²) in [4.78, 5) is 0. The molecule has 2 fully saturated rings. The van der Waals surface area contributed by atoms with Gasteiger partial charge in [-0.15, -0.1) is 11.6 Å². The maximum absolute atomic E-state index is 12.5. The summed E-state index contributed by atoms with van der Waals surface area (Å²) in [5.41, 5.74) is 0. The summed E-state index contributed by atoms with van der Waals surface area (Å²) < 4.78 is 28.4. The van der Waals surface area contributed by atoms with Crippen molar-refractivity contribution in [1.82, 2.24) is 8.61 Å². The number of hydrogen-bond donors (Lipinski definition) is 0. The molecule has 0 aliphatic carbocycles. The van der Waals surface area contributed by atoms with Gasteiger partial charge in [-0.25, -0.2) is 0 Å². The Morgan fingerprint density at radius 3 is 2.67 bits per heavy atom. The van der Waals surface area contributed by atoms with E-state index in [0.717, 1.165) is 18.6 Å². The second-order valence-corrected chi connectivity index (χ2v) is 8.85. The lowest BCUT2D eigenvalue weighted by molar-refractivity contribution is 0.260. The minimum absolute atomic E-state index is 0.312. The van der Waals surface area contributed by atoms with Crippen LogP contribution in [0.2, 0.25) is 0 Å². The summed E-state index contributed by atoms with van der Waals surface area (Å²) in [7, 11) is -3.27. The van der Waals surface area contributed by atoms with E-state index in [1.807, 2.05) is 11.8 Å². The summed E-state index contributed by atoms with van der Waals surface area (Å²) in [6.45, 7) is 4.59. The quantitative estimate of drug-likeness (QED) is 0.744. The molecule has 0 aromatic rings. The van der Waals surface area contributed by atoms with E-state index in [1.54, 1.807) is 8.61 Å². The SMILES string of the molecule is CC1CN(S(=O)(=O)N2CCCC(CCl)C2)CCS1. The van der Waals surface area contributed by atoms with E-state index < -0.39 is 10.2 Å². The van der Waals surface area contributed by atoms with Gasteiger partial charge in [-0.2, -0.15) is 28.8 Å². The van der Waals surface area contributed by atoms with Gasteiger partial charge in [0.15, 0.2) is 0 Å². The Morgan fingerprint density at radius 2 is 2.00 bits per heavy atom. The lowest BCUT2D eigenvalue weighted by Crippen LogP contribution is -2.51. The van der Waals surface area contributed by atoms with Gasteiger partial charge >= 0.3 is 0 Å². The highest BCUT2D eigenvalue weighted by Gasteiger charge is 2.35. The van der Waals surface area contributed by atoms with Crippen LogP contribution in [0.5, 0.6) is 0 Å². The minimum Gasteiger partial charge on any atom is -0.195 e. The molecule has 2 heterocycles. The molecule has 2 saturated heterocycles. The average Bonchev–Trinajstić information content (AvgIpc) is 2.39. The Balaban J connectivity index is 2.05. The first-order chi connectivity index (χ1) is 8.54. The van der Waals surface area contributed by atoms with Crippen LogP contribution in [0.3, 0.4) is 0 Å². The normalized spacial score (nSPS) is 32.6. The highest BCUT2D eigenvalue weighted by molar-refractivity contribution is 8.00. The Hall–Kier alpha value is 0.510. The molecule has 0 aromatic heterocycles. The molecule has 0 aromatic carbocycles. The van der Waals surface area contributed by atoms with E-state index in [9.17, 15) is 8.42 Å². The second-order valence-electron chi connectivity index (χ2n) is 5.07. The van der Waals surface area contributed by atoms with Crippen LogP contribution < -0.4 is 0 Å². The Bertz CT molecular complexity index is 377. The maximum Gasteiger partial charge on any atom is 0.282 e. The van der Waals surface area contributed by atoms with Crippen molar-refractivity contribution in [2.45, 2.75) is 25.0 Å². The molecule has 0 saturated carbocycles. The minimum atomic E-state index is -3.27. The average molecular weight is 313 g/mol. The van der Waals surface area contributed by atoms with Gasteiger partial charge in [-0.05, 0) is 18.8 Å². The van der Waals surface area contributed by atoms with Crippen LogP contribution in [0.4, 0.5) is 0 Å². The van der Waals surface area contributed by atoms with Crippen molar-refractivity contribution in [2.75, 3.05) is 37.8 Å². The van der Waals surface area contributed by atoms with Gasteiger partial charge < -0.3 is 0 Å². The molecule has 0 amide bonds. The lowest BCUT2D eigenvalue weighted by Gasteiger charge is -2.37. The first-order valence-corrected chi connectivity index (χ1v) is 9.45. The smallest absolute Gasteiger partial charge is 0.195 e. The number of nitrogens with zero attached hydrogens (tertiary/aromatic N) is 2. The van der Waals surface area contributed by atoms with E-state index in [4.69, 9.17) is 11.6 Å². The Kier molecular flexibility index (Phi) is 5.22. The largest absolute Gasteiger partial charge is 0.282 e. The molecular formula is C11H21ClN2O2S2. The van der Waals surface area contributed by atoms with E-state index in [2.05, 4.69) is 6.92 Å². The van der Waals surface area contributed by atoms with Gasteiger partial charge in [0.1, 0.15) is 0 Å². The number of hydrogen-bond acceptors (Lipinski definition) is 3. The van der Waals surface area contributed by atoms with Crippen molar-refractivity contribution in [3.63, 3.8) is 0 Å². The van der Waals surface area contributed by atoms with E-state index in [-0.39, 0.29) is 0 Å². The van der Waals surface area contributed by atoms with Crippen LogP contribution in [0, 0.1) is 5.92 Å². The number of rotatable bonds is 3. The molecular weight excluding hydrogens is 292 g/mol. The number of halogens is 1. The summed E-state index contributed by atoms with van der Waals surface area (Å²) in [6.07, 6.45) is 1.97. The van der Waals surface area contributed by atoms with Crippen molar-refractivity contribution < 1.29 is 8.42 Å². The molecule has 7 heteroatoms. The molecule has 106 valence electrons. The summed E-state index contributed by atoms with van der Waals surface area (Å²) >= 11 is 7.71. The van der Waals surface area contributed by atoms with Crippen LogP contribution in [0.15, 0.2) is 0 Å². The third-order valence-electron chi connectivity index (χ3n) is 3.56. The van der Waals surface area contributed by atoms with Crippen LogP contribution in [-0.2, 0) is 10.2 Å². The molecule has 2 rings (SSSR count). The highest BCUT2D eigenvalue weighted by atomic mass is 35.5. The molecule has 0 spiro atoms. The zero-order chi connectivity index (χ0) is 13.2. The fourth-order valence-electron chi connectivity index (χ4n) is 2.52.